The summed E-state index contributed by atoms with van der Waals surface area (Å²) in [7, 11) is -2.71. The van der Waals surface area contributed by atoms with Crippen molar-refractivity contribution in [3.63, 3.8) is 0 Å². The molecule has 1 aliphatic rings. The Morgan fingerprint density at radius 2 is 1.46 bits per heavy atom. The molecule has 1 aliphatic heterocycles. The molecule has 0 fully saturated rings. The lowest BCUT2D eigenvalue weighted by Gasteiger charge is -2.29. The Kier molecular flexibility index (Phi) is 5.14. The van der Waals surface area contributed by atoms with Crippen LogP contribution in [0.3, 0.4) is 0 Å². The van der Waals surface area contributed by atoms with E-state index in [9.17, 15) is 10.2 Å². The molecule has 2 aromatic carbocycles. The van der Waals surface area contributed by atoms with Crippen LogP contribution >= 0.6 is 0 Å². The number of hydrogen-bond acceptors (Lipinski definition) is 5. The lowest BCUT2D eigenvalue weighted by atomic mass is 10.1. The van der Waals surface area contributed by atoms with Crippen LogP contribution in [-0.2, 0) is 30.0 Å². The fourth-order valence-corrected chi connectivity index (χ4v) is 2.97. The first-order chi connectivity index (χ1) is 11.1. The molecule has 0 amide bonds. The molecule has 1 heterocycles. The number of benzene rings is 2. The van der Waals surface area contributed by atoms with Gasteiger partial charge in [-0.25, -0.2) is 8.42 Å². The molecule has 0 atom stereocenters. The van der Waals surface area contributed by atoms with Crippen molar-refractivity contribution in [3.05, 3.63) is 59.2 Å². The average Bonchev–Trinajstić information content (AvgIpc) is 2.73. The Hall–Kier alpha value is -2.13. The molecule has 7 nitrogen and oxygen atoms in total. The number of quaternary nitrogens is 1. The van der Waals surface area contributed by atoms with E-state index in [1.54, 1.807) is 12.1 Å². The minimum Gasteiger partial charge on any atom is -0.726 e. The van der Waals surface area contributed by atoms with Crippen molar-refractivity contribution in [2.45, 2.75) is 19.6 Å². The van der Waals surface area contributed by atoms with Crippen LogP contribution in [0.15, 0.2) is 42.5 Å². The molecule has 0 saturated carbocycles. The van der Waals surface area contributed by atoms with E-state index in [0.717, 1.165) is 35.2 Å². The monoisotopic (exact) mass is 353 g/mol. The van der Waals surface area contributed by atoms with Gasteiger partial charge < -0.3 is 19.2 Å². The van der Waals surface area contributed by atoms with E-state index in [1.807, 2.05) is 6.07 Å². The van der Waals surface area contributed by atoms with Crippen LogP contribution in [0, 0.1) is 0 Å². The highest BCUT2D eigenvalue weighted by Gasteiger charge is 2.32. The summed E-state index contributed by atoms with van der Waals surface area (Å²) in [5, 5.41) is 19.2. The molecule has 0 unspecified atom stereocenters. The maximum absolute atomic E-state index is 9.59. The third-order valence-electron chi connectivity index (χ3n) is 3.81. The maximum atomic E-state index is 9.59. The molecule has 0 saturated heterocycles. The minimum atomic E-state index is -4.92. The fourth-order valence-electron chi connectivity index (χ4n) is 2.97. The lowest BCUT2D eigenvalue weighted by Crippen LogP contribution is -2.37. The van der Waals surface area contributed by atoms with Crippen molar-refractivity contribution in [1.82, 2.24) is 0 Å². The standard InChI is InChI=1S/C16H17NO2.H2O4S/c1-17(9-12-5-3-2-4-6-12)10-13-7-15(18)16(19)8-14(13)11-17;1-5(2,3)4/h2-8H,9-11H2,1H3,(H-,18,19);(H2,1,2,3,4). The van der Waals surface area contributed by atoms with Gasteiger partial charge in [0.2, 0.25) is 10.4 Å². The van der Waals surface area contributed by atoms with Crippen molar-refractivity contribution in [2.75, 3.05) is 7.05 Å². The van der Waals surface area contributed by atoms with Gasteiger partial charge in [-0.1, -0.05) is 30.3 Å². The topological polar surface area (TPSA) is 118 Å². The summed E-state index contributed by atoms with van der Waals surface area (Å²) in [5.74, 6) is -0.0428. The number of aromatic hydroxyl groups is 2. The van der Waals surface area contributed by atoms with Gasteiger partial charge in [-0.2, -0.15) is 0 Å². The van der Waals surface area contributed by atoms with Crippen molar-refractivity contribution in [1.29, 1.82) is 0 Å². The molecule has 0 aromatic heterocycles. The summed E-state index contributed by atoms with van der Waals surface area (Å²) in [5.41, 5.74) is 3.58. The van der Waals surface area contributed by atoms with Crippen LogP contribution in [0.2, 0.25) is 0 Å². The van der Waals surface area contributed by atoms with E-state index in [4.69, 9.17) is 17.5 Å². The molecule has 3 rings (SSSR count). The van der Waals surface area contributed by atoms with Crippen molar-refractivity contribution >= 4 is 10.4 Å². The van der Waals surface area contributed by atoms with Crippen LogP contribution in [-0.4, -0.2) is 39.3 Å². The zero-order valence-corrected chi connectivity index (χ0v) is 13.9. The van der Waals surface area contributed by atoms with Crippen LogP contribution < -0.4 is 0 Å². The first-order valence-corrected chi connectivity index (χ1v) is 8.52. The Labute approximate surface area is 140 Å². The Bertz CT molecular complexity index is 781. The van der Waals surface area contributed by atoms with Gasteiger partial charge >= 0.3 is 0 Å². The third-order valence-corrected chi connectivity index (χ3v) is 3.81. The minimum absolute atomic E-state index is 0.0214. The first-order valence-electron chi connectivity index (χ1n) is 7.15. The molecule has 3 N–H and O–H groups in total. The van der Waals surface area contributed by atoms with Crippen molar-refractivity contribution in [2.24, 2.45) is 0 Å². The van der Waals surface area contributed by atoms with Gasteiger partial charge in [0.15, 0.2) is 11.5 Å². The number of nitrogens with zero attached hydrogens (tertiary/aromatic N) is 1. The number of phenols is 2. The first kappa shape index (κ1) is 18.2. The molecule has 8 heteroatoms. The lowest BCUT2D eigenvalue weighted by molar-refractivity contribution is -0.941. The van der Waals surface area contributed by atoms with Gasteiger partial charge in [0.25, 0.3) is 0 Å². The Morgan fingerprint density at radius 3 is 1.88 bits per heavy atom. The molecule has 24 heavy (non-hydrogen) atoms. The van der Waals surface area contributed by atoms with Gasteiger partial charge in [-0.05, 0) is 12.1 Å². The number of hydrogen-bond donors (Lipinski definition) is 3. The molecule has 0 spiro atoms. The molecule has 130 valence electrons. The van der Waals surface area contributed by atoms with Crippen LogP contribution in [0.1, 0.15) is 16.7 Å². The second kappa shape index (κ2) is 6.78. The van der Waals surface area contributed by atoms with Crippen molar-refractivity contribution < 1.29 is 32.2 Å². The molecule has 0 aliphatic carbocycles. The van der Waals surface area contributed by atoms with Crippen LogP contribution in [0.4, 0.5) is 0 Å². The quantitative estimate of drug-likeness (QED) is 0.328. The van der Waals surface area contributed by atoms with Crippen LogP contribution in [0.25, 0.3) is 0 Å². The van der Waals surface area contributed by atoms with Gasteiger partial charge in [-0.3, -0.25) is 4.55 Å². The van der Waals surface area contributed by atoms with Gasteiger partial charge in [0, 0.05) is 16.7 Å². The summed E-state index contributed by atoms with van der Waals surface area (Å²) in [4.78, 5) is 0. The molecule has 0 bridgehead atoms. The molecule has 0 radical (unpaired) electrons. The zero-order chi connectivity index (χ0) is 18.0. The van der Waals surface area contributed by atoms with Crippen LogP contribution in [0.5, 0.6) is 11.5 Å². The summed E-state index contributed by atoms with van der Waals surface area (Å²) in [6.07, 6.45) is 0. The number of rotatable bonds is 2. The largest absolute Gasteiger partial charge is 0.726 e. The summed E-state index contributed by atoms with van der Waals surface area (Å²) >= 11 is 0. The highest BCUT2D eigenvalue weighted by Crippen LogP contribution is 2.36. The number of phenolic OH excluding ortho intramolecular Hbond substituents is 2. The average molecular weight is 353 g/mol. The number of fused-ring (bicyclic) bond motifs is 1. The predicted molar refractivity (Wildman–Crippen MR) is 85.8 cm³/mol. The Balaban J connectivity index is 0.000000368. The molecule has 2 aromatic rings. The third kappa shape index (κ3) is 5.20. The molecular formula is C16H19NO6S. The highest BCUT2D eigenvalue weighted by atomic mass is 32.3. The molecular weight excluding hydrogens is 334 g/mol. The van der Waals surface area contributed by atoms with Gasteiger partial charge in [0.1, 0.15) is 19.6 Å². The Morgan fingerprint density at radius 1 is 1.04 bits per heavy atom. The second-order valence-corrected chi connectivity index (χ2v) is 6.97. The van der Waals surface area contributed by atoms with E-state index in [0.29, 0.717) is 0 Å². The van der Waals surface area contributed by atoms with E-state index in [-0.39, 0.29) is 11.5 Å². The second-order valence-electron chi connectivity index (χ2n) is 6.12. The maximum Gasteiger partial charge on any atom is 0.215 e. The van der Waals surface area contributed by atoms with Gasteiger partial charge in [-0.15, -0.1) is 0 Å². The highest BCUT2D eigenvalue weighted by molar-refractivity contribution is 7.79. The predicted octanol–water partition coefficient (Wildman–Crippen LogP) is 1.76. The normalized spacial score (nSPS) is 15.3. The fraction of sp³-hybridized carbons (Fsp3) is 0.250. The summed E-state index contributed by atoms with van der Waals surface area (Å²) < 4.78 is 33.7. The smallest absolute Gasteiger partial charge is 0.215 e. The van der Waals surface area contributed by atoms with E-state index in [1.165, 1.54) is 5.56 Å². The van der Waals surface area contributed by atoms with E-state index < -0.39 is 10.4 Å². The van der Waals surface area contributed by atoms with E-state index >= 15 is 0 Å². The van der Waals surface area contributed by atoms with E-state index in [2.05, 4.69) is 31.3 Å². The summed E-state index contributed by atoms with van der Waals surface area (Å²) in [6.45, 7) is 2.73. The summed E-state index contributed by atoms with van der Waals surface area (Å²) in [6, 6.07) is 13.8. The van der Waals surface area contributed by atoms with Crippen molar-refractivity contribution in [3.8, 4) is 11.5 Å². The van der Waals surface area contributed by atoms with Gasteiger partial charge in [0.05, 0.1) is 7.05 Å². The zero-order valence-electron chi connectivity index (χ0n) is 13.1. The SMILES string of the molecule is C[N+]1(Cc2ccccc2)Cc2cc(O)c(O)cc2C1.O=S(=O)([O-])O.